The number of hydrogen-bond donors (Lipinski definition) is 0. The van der Waals surface area contributed by atoms with Crippen LogP contribution in [0.25, 0.3) is 0 Å². The highest BCUT2D eigenvalue weighted by Gasteiger charge is 2.17. The Balaban J connectivity index is 3.50. The highest BCUT2D eigenvalue weighted by Crippen LogP contribution is 2.24. The third kappa shape index (κ3) is 2.91. The molecule has 0 aliphatic rings. The lowest BCUT2D eigenvalue weighted by atomic mass is 10.1. The molecule has 1 aromatic heterocycles. The van der Waals surface area contributed by atoms with Crippen LogP contribution in [0, 0.1) is 17.1 Å². The van der Waals surface area contributed by atoms with E-state index in [4.69, 9.17) is 5.26 Å². The lowest BCUT2D eigenvalue weighted by molar-refractivity contribution is 0.601. The number of nitriles is 1. The van der Waals surface area contributed by atoms with Gasteiger partial charge in [0, 0.05) is 24.4 Å². The van der Waals surface area contributed by atoms with Gasteiger partial charge in [0.2, 0.25) is 0 Å². The molecule has 0 aliphatic heterocycles. The van der Waals surface area contributed by atoms with Crippen molar-refractivity contribution < 1.29 is 4.39 Å². The van der Waals surface area contributed by atoms with Crippen LogP contribution in [-0.2, 0) is 13.3 Å². The first-order valence-electron chi connectivity index (χ1n) is 3.97. The topological polar surface area (TPSA) is 36.7 Å². The van der Waals surface area contributed by atoms with Crippen molar-refractivity contribution in [3.63, 3.8) is 0 Å². The molecular formula is C9H6FI3N2. The van der Waals surface area contributed by atoms with Crippen molar-refractivity contribution in [2.24, 2.45) is 0 Å². The summed E-state index contributed by atoms with van der Waals surface area (Å²) in [6, 6.07) is 1.95. The first kappa shape index (κ1) is 13.8. The van der Waals surface area contributed by atoms with E-state index in [0.717, 1.165) is 0 Å². The lowest BCUT2D eigenvalue weighted by Gasteiger charge is -2.09. The van der Waals surface area contributed by atoms with Crippen molar-refractivity contribution in [2.45, 2.75) is 13.3 Å². The second-order valence-corrected chi connectivity index (χ2v) is 4.98. The summed E-state index contributed by atoms with van der Waals surface area (Å²) < 4.78 is 15.7. The molecule has 0 radical (unpaired) electrons. The molecule has 2 nitrogen and oxygen atoms in total. The molecule has 0 fully saturated rings. The highest BCUT2D eigenvalue weighted by atomic mass is 127. The summed E-state index contributed by atoms with van der Waals surface area (Å²) in [5.41, 5.74) is 1.98. The zero-order valence-electron chi connectivity index (χ0n) is 7.53. The number of alkyl halides is 3. The maximum Gasteiger partial charge on any atom is 0.147 e. The second-order valence-electron chi connectivity index (χ2n) is 2.69. The van der Waals surface area contributed by atoms with Crippen molar-refractivity contribution in [3.05, 3.63) is 28.3 Å². The van der Waals surface area contributed by atoms with E-state index in [2.05, 4.69) is 50.2 Å². The molecule has 80 valence electrons. The van der Waals surface area contributed by atoms with Crippen molar-refractivity contribution in [3.8, 4) is 6.07 Å². The maximum absolute atomic E-state index is 14.0. The lowest BCUT2D eigenvalue weighted by Crippen LogP contribution is -2.05. The average Bonchev–Trinajstić information content (AvgIpc) is 2.27. The van der Waals surface area contributed by atoms with Crippen molar-refractivity contribution >= 4 is 67.8 Å². The van der Waals surface area contributed by atoms with Gasteiger partial charge in [-0.3, -0.25) is 0 Å². The molecule has 1 heterocycles. The summed E-state index contributed by atoms with van der Waals surface area (Å²) in [5.74, 6) is -0.253. The molecule has 0 saturated heterocycles. The third-order valence-corrected chi connectivity index (χ3v) is 4.16. The zero-order chi connectivity index (χ0) is 11.4. The van der Waals surface area contributed by atoms with Gasteiger partial charge in [0.15, 0.2) is 0 Å². The van der Waals surface area contributed by atoms with Crippen LogP contribution in [0.15, 0.2) is 0 Å². The Kier molecular flexibility index (Phi) is 5.98. The predicted molar refractivity (Wildman–Crippen MR) is 82.1 cm³/mol. The molecule has 1 rings (SSSR count). The number of halogens is 4. The summed E-state index contributed by atoms with van der Waals surface area (Å²) in [6.07, 6.45) is 0. The monoisotopic (exact) mass is 542 g/mol. The largest absolute Gasteiger partial charge is 0.240 e. The molecule has 0 atom stereocenters. The van der Waals surface area contributed by atoms with E-state index in [9.17, 15) is 4.39 Å². The van der Waals surface area contributed by atoms with Gasteiger partial charge in [-0.1, -0.05) is 67.8 Å². The second kappa shape index (κ2) is 6.48. The fraction of sp³-hybridized carbons (Fsp3) is 0.333. The predicted octanol–water partition coefficient (Wildman–Crippen LogP) is 3.90. The van der Waals surface area contributed by atoms with Gasteiger partial charge < -0.3 is 0 Å². The average molecular weight is 542 g/mol. The molecule has 0 saturated carbocycles. The third-order valence-electron chi connectivity index (χ3n) is 1.91. The Morgan fingerprint density at radius 3 is 2.13 bits per heavy atom. The maximum atomic E-state index is 14.0. The molecule has 0 bridgehead atoms. The molecule has 0 aromatic carbocycles. The Morgan fingerprint density at radius 1 is 1.13 bits per heavy atom. The molecule has 1 aromatic rings. The molecule has 0 spiro atoms. The standard InChI is InChI=1S/C9H6FI3N2/c10-9-5(1-11)7(3-13)15-8(4-14)6(9)2-12/h1-3H2. The molecule has 0 amide bonds. The quantitative estimate of drug-likeness (QED) is 0.430. The SMILES string of the molecule is N#Cc1nc(CI)c(CI)c(F)c1CI. The Hall–Kier alpha value is 0.760. The first-order chi connectivity index (χ1) is 7.19. The summed E-state index contributed by atoms with van der Waals surface area (Å²) in [5, 5.41) is 8.87. The summed E-state index contributed by atoms with van der Waals surface area (Å²) >= 11 is 6.30. The molecule has 0 aliphatic carbocycles. The van der Waals surface area contributed by atoms with E-state index >= 15 is 0 Å². The van der Waals surface area contributed by atoms with Gasteiger partial charge in [-0.25, -0.2) is 9.37 Å². The van der Waals surface area contributed by atoms with Gasteiger partial charge >= 0.3 is 0 Å². The number of aromatic nitrogens is 1. The fourth-order valence-electron chi connectivity index (χ4n) is 1.14. The Morgan fingerprint density at radius 2 is 1.73 bits per heavy atom. The summed E-state index contributed by atoms with van der Waals surface area (Å²) in [7, 11) is 0. The smallest absolute Gasteiger partial charge is 0.147 e. The van der Waals surface area contributed by atoms with Gasteiger partial charge in [-0.05, 0) is 0 Å². The molecule has 0 N–H and O–H groups in total. The van der Waals surface area contributed by atoms with Gasteiger partial charge in [-0.2, -0.15) is 5.26 Å². The molecule has 15 heavy (non-hydrogen) atoms. The summed E-state index contributed by atoms with van der Waals surface area (Å²) in [6.45, 7) is 0. The fourth-order valence-corrected chi connectivity index (χ4v) is 3.25. The van der Waals surface area contributed by atoms with Crippen LogP contribution in [0.5, 0.6) is 0 Å². The first-order valence-corrected chi connectivity index (χ1v) is 8.55. The normalized spacial score (nSPS) is 10.1. The van der Waals surface area contributed by atoms with Crippen LogP contribution >= 0.6 is 67.8 Å². The molecule has 6 heteroatoms. The van der Waals surface area contributed by atoms with Gasteiger partial charge in [-0.15, -0.1) is 0 Å². The zero-order valence-corrected chi connectivity index (χ0v) is 14.0. The highest BCUT2D eigenvalue weighted by molar-refractivity contribution is 14.1. The Bertz CT molecular complexity index is 415. The van der Waals surface area contributed by atoms with E-state index in [1.807, 2.05) is 28.7 Å². The van der Waals surface area contributed by atoms with Crippen LogP contribution in [0.1, 0.15) is 22.5 Å². The van der Waals surface area contributed by atoms with Crippen LogP contribution in [0.4, 0.5) is 4.39 Å². The summed E-state index contributed by atoms with van der Waals surface area (Å²) in [4.78, 5) is 4.19. The van der Waals surface area contributed by atoms with E-state index < -0.39 is 0 Å². The molecular weight excluding hydrogens is 536 g/mol. The van der Waals surface area contributed by atoms with E-state index in [0.29, 0.717) is 30.1 Å². The number of rotatable bonds is 3. The van der Waals surface area contributed by atoms with Crippen LogP contribution in [0.2, 0.25) is 0 Å². The number of nitrogens with zero attached hydrogens (tertiary/aromatic N) is 2. The van der Waals surface area contributed by atoms with Gasteiger partial charge in [0.1, 0.15) is 17.6 Å². The van der Waals surface area contributed by atoms with Crippen LogP contribution < -0.4 is 0 Å². The minimum Gasteiger partial charge on any atom is -0.240 e. The van der Waals surface area contributed by atoms with Crippen LogP contribution in [-0.4, -0.2) is 4.98 Å². The van der Waals surface area contributed by atoms with Crippen molar-refractivity contribution in [1.29, 1.82) is 5.26 Å². The number of pyridine rings is 1. The minimum atomic E-state index is -0.253. The van der Waals surface area contributed by atoms with Crippen molar-refractivity contribution in [1.82, 2.24) is 4.98 Å². The van der Waals surface area contributed by atoms with Gasteiger partial charge in [0.25, 0.3) is 0 Å². The van der Waals surface area contributed by atoms with Crippen molar-refractivity contribution in [2.75, 3.05) is 0 Å². The van der Waals surface area contributed by atoms with E-state index in [1.54, 1.807) is 0 Å². The van der Waals surface area contributed by atoms with E-state index in [-0.39, 0.29) is 11.5 Å². The van der Waals surface area contributed by atoms with E-state index in [1.165, 1.54) is 0 Å². The van der Waals surface area contributed by atoms with Crippen LogP contribution in [0.3, 0.4) is 0 Å². The Labute approximate surface area is 128 Å². The molecule has 0 unspecified atom stereocenters. The minimum absolute atomic E-state index is 0.224. The van der Waals surface area contributed by atoms with Gasteiger partial charge in [0.05, 0.1) is 5.69 Å². The number of hydrogen-bond acceptors (Lipinski definition) is 2.